The fourth-order valence-electron chi connectivity index (χ4n) is 1.16. The molecule has 0 amide bonds. The highest BCUT2D eigenvalue weighted by atomic mass is 15.3. The fourth-order valence-corrected chi connectivity index (χ4v) is 1.16. The summed E-state index contributed by atoms with van der Waals surface area (Å²) in [6.45, 7) is 4.82. The summed E-state index contributed by atoms with van der Waals surface area (Å²) in [4.78, 5) is 8.08. The maximum atomic E-state index is 4.10. The molecule has 78 valence electrons. The van der Waals surface area contributed by atoms with Gasteiger partial charge in [-0.3, -0.25) is 0 Å². The van der Waals surface area contributed by atoms with Gasteiger partial charge in [0, 0.05) is 6.54 Å². The third-order valence-corrected chi connectivity index (χ3v) is 1.90. The molecule has 2 aromatic heterocycles. The predicted molar refractivity (Wildman–Crippen MR) is 57.4 cm³/mol. The minimum absolute atomic E-state index is 0.574. The van der Waals surface area contributed by atoms with Crippen LogP contribution in [0.2, 0.25) is 0 Å². The van der Waals surface area contributed by atoms with Crippen molar-refractivity contribution in [3.63, 3.8) is 0 Å². The Labute approximate surface area is 86.8 Å². The molecule has 0 saturated heterocycles. The standard InChI is InChI=1S/C9H12N6/c1-6(2)3-4-10-8-7-9(12-5-11-8)14-15-13-7/h3,5H,4H2,1-2H3,(H2,10,11,12,13,14,15). The molecule has 0 aliphatic carbocycles. The van der Waals surface area contributed by atoms with Gasteiger partial charge in [-0.05, 0) is 13.8 Å². The number of aromatic amines is 1. The van der Waals surface area contributed by atoms with E-state index in [0.717, 1.165) is 6.54 Å². The minimum atomic E-state index is 0.574. The normalized spacial score (nSPS) is 10.3. The lowest BCUT2D eigenvalue weighted by atomic mass is 10.3. The van der Waals surface area contributed by atoms with Crippen molar-refractivity contribution < 1.29 is 0 Å². The molecule has 2 heterocycles. The number of nitrogens with one attached hydrogen (secondary N) is 2. The Morgan fingerprint density at radius 3 is 3.07 bits per heavy atom. The zero-order valence-electron chi connectivity index (χ0n) is 8.65. The van der Waals surface area contributed by atoms with Crippen LogP contribution < -0.4 is 5.32 Å². The van der Waals surface area contributed by atoms with E-state index in [0.29, 0.717) is 17.0 Å². The van der Waals surface area contributed by atoms with E-state index in [1.165, 1.54) is 11.9 Å². The first kappa shape index (κ1) is 9.57. The van der Waals surface area contributed by atoms with Crippen LogP contribution in [0.1, 0.15) is 13.8 Å². The maximum Gasteiger partial charge on any atom is 0.206 e. The van der Waals surface area contributed by atoms with Crippen molar-refractivity contribution >= 4 is 17.0 Å². The molecule has 0 radical (unpaired) electrons. The molecule has 2 rings (SSSR count). The molecular formula is C9H12N6. The van der Waals surface area contributed by atoms with Gasteiger partial charge in [-0.25, -0.2) is 9.97 Å². The van der Waals surface area contributed by atoms with Gasteiger partial charge in [0.2, 0.25) is 5.65 Å². The van der Waals surface area contributed by atoms with Crippen LogP contribution in [0.15, 0.2) is 18.0 Å². The monoisotopic (exact) mass is 204 g/mol. The van der Waals surface area contributed by atoms with Crippen molar-refractivity contribution in [2.75, 3.05) is 11.9 Å². The van der Waals surface area contributed by atoms with Gasteiger partial charge in [-0.2, -0.15) is 10.3 Å². The molecule has 0 fully saturated rings. The third kappa shape index (κ3) is 2.09. The largest absolute Gasteiger partial charge is 0.365 e. The van der Waals surface area contributed by atoms with Crippen molar-refractivity contribution in [1.29, 1.82) is 0 Å². The maximum absolute atomic E-state index is 4.10. The SMILES string of the molecule is CC(C)=CCNc1ncnc2n[nH]nc12. The molecule has 2 N–H and O–H groups in total. The van der Waals surface area contributed by atoms with Crippen LogP contribution in [0.3, 0.4) is 0 Å². The summed E-state index contributed by atoms with van der Waals surface area (Å²) in [7, 11) is 0. The van der Waals surface area contributed by atoms with Gasteiger partial charge in [0.05, 0.1) is 0 Å². The lowest BCUT2D eigenvalue weighted by Crippen LogP contribution is -2.02. The van der Waals surface area contributed by atoms with E-state index in [1.807, 2.05) is 13.8 Å². The summed E-state index contributed by atoms with van der Waals surface area (Å²) in [6, 6.07) is 0. The Morgan fingerprint density at radius 1 is 1.40 bits per heavy atom. The number of fused-ring (bicyclic) bond motifs is 1. The van der Waals surface area contributed by atoms with Gasteiger partial charge in [0.1, 0.15) is 6.33 Å². The Balaban J connectivity index is 2.20. The number of H-pyrrole nitrogens is 1. The van der Waals surface area contributed by atoms with E-state index in [9.17, 15) is 0 Å². The Bertz CT molecular complexity index is 482. The Morgan fingerprint density at radius 2 is 2.27 bits per heavy atom. The van der Waals surface area contributed by atoms with Gasteiger partial charge in [-0.15, -0.1) is 5.10 Å². The quantitative estimate of drug-likeness (QED) is 0.732. The zero-order valence-corrected chi connectivity index (χ0v) is 8.65. The van der Waals surface area contributed by atoms with Crippen LogP contribution in [0.5, 0.6) is 0 Å². The smallest absolute Gasteiger partial charge is 0.206 e. The summed E-state index contributed by atoms with van der Waals surface area (Å²) in [5, 5.41) is 13.5. The molecule has 6 nitrogen and oxygen atoms in total. The Kier molecular flexibility index (Phi) is 2.57. The number of rotatable bonds is 3. The zero-order chi connectivity index (χ0) is 10.7. The van der Waals surface area contributed by atoms with Crippen LogP contribution in [0, 0.1) is 0 Å². The van der Waals surface area contributed by atoms with E-state index in [2.05, 4.69) is 36.8 Å². The van der Waals surface area contributed by atoms with Gasteiger partial charge < -0.3 is 5.32 Å². The molecular weight excluding hydrogens is 192 g/mol. The van der Waals surface area contributed by atoms with Crippen LogP contribution >= 0.6 is 0 Å². The first-order chi connectivity index (χ1) is 7.27. The number of anilines is 1. The van der Waals surface area contributed by atoms with Gasteiger partial charge >= 0.3 is 0 Å². The number of aromatic nitrogens is 5. The molecule has 0 bridgehead atoms. The molecule has 2 aromatic rings. The van der Waals surface area contributed by atoms with Crippen LogP contribution in [-0.2, 0) is 0 Å². The van der Waals surface area contributed by atoms with E-state index < -0.39 is 0 Å². The second-order valence-electron chi connectivity index (χ2n) is 3.38. The summed E-state index contributed by atoms with van der Waals surface area (Å²) < 4.78 is 0. The highest BCUT2D eigenvalue weighted by molar-refractivity contribution is 5.81. The molecule has 15 heavy (non-hydrogen) atoms. The number of nitrogens with zero attached hydrogens (tertiary/aromatic N) is 4. The summed E-state index contributed by atoms with van der Waals surface area (Å²) in [5.41, 5.74) is 2.50. The minimum Gasteiger partial charge on any atom is -0.365 e. The van der Waals surface area contributed by atoms with Gasteiger partial charge in [-0.1, -0.05) is 11.6 Å². The Hall–Kier alpha value is -1.98. The molecule has 0 saturated carbocycles. The first-order valence-electron chi connectivity index (χ1n) is 4.66. The van der Waals surface area contributed by atoms with Crippen molar-refractivity contribution in [2.24, 2.45) is 0 Å². The van der Waals surface area contributed by atoms with Crippen molar-refractivity contribution in [2.45, 2.75) is 13.8 Å². The van der Waals surface area contributed by atoms with Crippen molar-refractivity contribution in [3.05, 3.63) is 18.0 Å². The summed E-state index contributed by atoms with van der Waals surface area (Å²) in [5.74, 6) is 0.700. The molecule has 6 heteroatoms. The molecule has 0 aliphatic rings. The number of allylic oxidation sites excluding steroid dienone is 1. The molecule has 0 unspecified atom stereocenters. The topological polar surface area (TPSA) is 79.4 Å². The van der Waals surface area contributed by atoms with Gasteiger partial charge in [0.25, 0.3) is 0 Å². The van der Waals surface area contributed by atoms with Gasteiger partial charge in [0.15, 0.2) is 11.3 Å². The highest BCUT2D eigenvalue weighted by Gasteiger charge is 2.05. The first-order valence-corrected chi connectivity index (χ1v) is 4.66. The summed E-state index contributed by atoms with van der Waals surface area (Å²) >= 11 is 0. The average molecular weight is 204 g/mol. The van der Waals surface area contributed by atoms with E-state index in [4.69, 9.17) is 0 Å². The van der Waals surface area contributed by atoms with Crippen molar-refractivity contribution in [3.8, 4) is 0 Å². The van der Waals surface area contributed by atoms with E-state index in [1.54, 1.807) is 0 Å². The van der Waals surface area contributed by atoms with E-state index >= 15 is 0 Å². The molecule has 0 aliphatic heterocycles. The number of hydrogen-bond acceptors (Lipinski definition) is 5. The second kappa shape index (κ2) is 4.04. The molecule has 0 spiro atoms. The second-order valence-corrected chi connectivity index (χ2v) is 3.38. The molecule has 0 atom stereocenters. The van der Waals surface area contributed by atoms with Crippen LogP contribution in [0.4, 0.5) is 5.82 Å². The van der Waals surface area contributed by atoms with Crippen molar-refractivity contribution in [1.82, 2.24) is 25.4 Å². The lowest BCUT2D eigenvalue weighted by Gasteiger charge is -2.01. The average Bonchev–Trinajstić information content (AvgIpc) is 2.65. The molecule has 0 aromatic carbocycles. The fraction of sp³-hybridized carbons (Fsp3) is 0.333. The van der Waals surface area contributed by atoms with E-state index in [-0.39, 0.29) is 0 Å². The highest BCUT2D eigenvalue weighted by Crippen LogP contribution is 2.12. The number of hydrogen-bond donors (Lipinski definition) is 2. The lowest BCUT2D eigenvalue weighted by molar-refractivity contribution is 0.954. The third-order valence-electron chi connectivity index (χ3n) is 1.90. The van der Waals surface area contributed by atoms with Crippen LogP contribution in [-0.4, -0.2) is 31.9 Å². The summed E-state index contributed by atoms with van der Waals surface area (Å²) in [6.07, 6.45) is 3.55. The van der Waals surface area contributed by atoms with Crippen LogP contribution in [0.25, 0.3) is 11.2 Å². The predicted octanol–water partition coefficient (Wildman–Crippen LogP) is 1.13.